The molecule has 1 aliphatic rings. The second-order valence-corrected chi connectivity index (χ2v) is 5.10. The van der Waals surface area contributed by atoms with Crippen molar-refractivity contribution in [1.82, 2.24) is 9.88 Å². The maximum absolute atomic E-state index is 14.0. The van der Waals surface area contributed by atoms with Crippen molar-refractivity contribution < 1.29 is 14.3 Å². The number of carbonyl (C=O) groups is 1. The van der Waals surface area contributed by atoms with E-state index in [0.29, 0.717) is 19.4 Å². The number of rotatable bonds is 2. The van der Waals surface area contributed by atoms with Gasteiger partial charge in [0.05, 0.1) is 11.2 Å². The Morgan fingerprint density at radius 3 is 3.00 bits per heavy atom. The molecule has 2 rings (SSSR count). The molecule has 1 saturated heterocycles. The van der Waals surface area contributed by atoms with Crippen LogP contribution in [0.25, 0.3) is 0 Å². The molecule has 0 aliphatic carbocycles. The van der Waals surface area contributed by atoms with E-state index in [-0.39, 0.29) is 17.9 Å². The van der Waals surface area contributed by atoms with Crippen molar-refractivity contribution in [2.45, 2.75) is 25.4 Å². The fraction of sp³-hybridized carbons (Fsp3) is 0.538. The number of β-amino-alcohol motifs (C(OH)–C–C–N with tert-alkyl or cyclic N) is 1. The average molecular weight is 267 g/mol. The number of amides is 1. The first-order chi connectivity index (χ1) is 8.94. The third-order valence-electron chi connectivity index (χ3n) is 3.32. The Morgan fingerprint density at radius 1 is 1.63 bits per heavy atom. The molecule has 2 heterocycles. The van der Waals surface area contributed by atoms with Gasteiger partial charge in [0.15, 0.2) is 11.6 Å². The fourth-order valence-corrected chi connectivity index (χ4v) is 2.35. The van der Waals surface area contributed by atoms with Crippen molar-refractivity contribution in [2.24, 2.45) is 0 Å². The van der Waals surface area contributed by atoms with Crippen LogP contribution in [0, 0.1) is 5.82 Å². The highest BCUT2D eigenvalue weighted by Crippen LogP contribution is 2.23. The summed E-state index contributed by atoms with van der Waals surface area (Å²) in [6.45, 7) is 2.45. The van der Waals surface area contributed by atoms with Gasteiger partial charge in [0.2, 0.25) is 0 Å². The van der Waals surface area contributed by atoms with Crippen LogP contribution in [0.3, 0.4) is 0 Å². The zero-order chi connectivity index (χ0) is 14.0. The van der Waals surface area contributed by atoms with Gasteiger partial charge in [-0.25, -0.2) is 9.37 Å². The monoisotopic (exact) mass is 267 g/mol. The minimum atomic E-state index is -0.900. The maximum atomic E-state index is 14.0. The summed E-state index contributed by atoms with van der Waals surface area (Å²) < 4.78 is 14.0. The SMILES string of the molecule is CNc1nccc(C(=O)N2CCCC(C)(O)C2)c1F. The van der Waals surface area contributed by atoms with Gasteiger partial charge < -0.3 is 15.3 Å². The molecule has 0 aromatic carbocycles. The van der Waals surface area contributed by atoms with Crippen molar-refractivity contribution in [1.29, 1.82) is 0 Å². The Hall–Kier alpha value is -1.69. The number of anilines is 1. The predicted molar refractivity (Wildman–Crippen MR) is 69.5 cm³/mol. The molecule has 1 atom stereocenters. The summed E-state index contributed by atoms with van der Waals surface area (Å²) in [5, 5.41) is 12.6. The summed E-state index contributed by atoms with van der Waals surface area (Å²) in [6, 6.07) is 1.36. The standard InChI is InChI=1S/C13H18FN3O2/c1-13(19)5-3-7-17(8-13)12(18)9-4-6-16-11(15-2)10(9)14/h4,6,19H,3,5,7-8H2,1-2H3,(H,15,16). The van der Waals surface area contributed by atoms with E-state index in [1.54, 1.807) is 14.0 Å². The van der Waals surface area contributed by atoms with Crippen molar-refractivity contribution in [3.63, 3.8) is 0 Å². The molecule has 2 N–H and O–H groups in total. The lowest BCUT2D eigenvalue weighted by molar-refractivity contribution is -0.0109. The molecule has 1 amide bonds. The highest BCUT2D eigenvalue weighted by molar-refractivity contribution is 5.95. The van der Waals surface area contributed by atoms with E-state index in [9.17, 15) is 14.3 Å². The summed E-state index contributed by atoms with van der Waals surface area (Å²) in [7, 11) is 1.55. The topological polar surface area (TPSA) is 65.5 Å². The molecular weight excluding hydrogens is 249 g/mol. The third-order valence-corrected chi connectivity index (χ3v) is 3.32. The lowest BCUT2D eigenvalue weighted by Crippen LogP contribution is -2.48. The molecule has 0 radical (unpaired) electrons. The minimum Gasteiger partial charge on any atom is -0.388 e. The molecule has 6 heteroatoms. The van der Waals surface area contributed by atoms with Crippen LogP contribution in [-0.4, -0.2) is 46.6 Å². The second-order valence-electron chi connectivity index (χ2n) is 5.10. The minimum absolute atomic E-state index is 0.0166. The number of likely N-dealkylation sites (tertiary alicyclic amines) is 1. The number of pyridine rings is 1. The zero-order valence-electron chi connectivity index (χ0n) is 11.1. The number of nitrogens with zero attached hydrogens (tertiary/aromatic N) is 2. The van der Waals surface area contributed by atoms with E-state index in [2.05, 4.69) is 10.3 Å². The van der Waals surface area contributed by atoms with E-state index in [1.807, 2.05) is 0 Å². The van der Waals surface area contributed by atoms with Gasteiger partial charge in [0.25, 0.3) is 5.91 Å². The van der Waals surface area contributed by atoms with Gasteiger partial charge in [0, 0.05) is 26.3 Å². The highest BCUT2D eigenvalue weighted by atomic mass is 19.1. The van der Waals surface area contributed by atoms with Crippen molar-refractivity contribution in [2.75, 3.05) is 25.5 Å². The number of aromatic nitrogens is 1. The Balaban J connectivity index is 2.25. The molecule has 0 bridgehead atoms. The lowest BCUT2D eigenvalue weighted by Gasteiger charge is -2.36. The van der Waals surface area contributed by atoms with E-state index >= 15 is 0 Å². The Kier molecular flexibility index (Phi) is 3.71. The van der Waals surface area contributed by atoms with Crippen LogP contribution in [0.1, 0.15) is 30.1 Å². The molecule has 0 spiro atoms. The molecule has 1 aromatic rings. The highest BCUT2D eigenvalue weighted by Gasteiger charge is 2.32. The van der Waals surface area contributed by atoms with Gasteiger partial charge in [0.1, 0.15) is 0 Å². The van der Waals surface area contributed by atoms with Gasteiger partial charge in [-0.15, -0.1) is 0 Å². The van der Waals surface area contributed by atoms with Gasteiger partial charge in [-0.3, -0.25) is 4.79 Å². The summed E-state index contributed by atoms with van der Waals surface area (Å²) >= 11 is 0. The Bertz CT molecular complexity index is 491. The van der Waals surface area contributed by atoms with Crippen molar-refractivity contribution >= 4 is 11.7 Å². The molecule has 0 saturated carbocycles. The molecule has 1 aliphatic heterocycles. The Morgan fingerprint density at radius 2 is 2.37 bits per heavy atom. The van der Waals surface area contributed by atoms with Crippen LogP contribution >= 0.6 is 0 Å². The third kappa shape index (κ3) is 2.84. The molecule has 5 nitrogen and oxygen atoms in total. The first-order valence-corrected chi connectivity index (χ1v) is 6.28. The van der Waals surface area contributed by atoms with Crippen LogP contribution in [0.15, 0.2) is 12.3 Å². The number of halogens is 1. The summed E-state index contributed by atoms with van der Waals surface area (Å²) in [5.74, 6) is -1.01. The van der Waals surface area contributed by atoms with Gasteiger partial charge >= 0.3 is 0 Å². The lowest BCUT2D eigenvalue weighted by atomic mass is 9.94. The van der Waals surface area contributed by atoms with Crippen LogP contribution < -0.4 is 5.32 Å². The van der Waals surface area contributed by atoms with Crippen LogP contribution in [0.4, 0.5) is 10.2 Å². The zero-order valence-corrected chi connectivity index (χ0v) is 11.1. The van der Waals surface area contributed by atoms with E-state index in [1.165, 1.54) is 17.2 Å². The normalized spacial score (nSPS) is 23.3. The summed E-state index contributed by atoms with van der Waals surface area (Å²) in [5.41, 5.74) is -0.916. The molecule has 1 fully saturated rings. The molecule has 19 heavy (non-hydrogen) atoms. The van der Waals surface area contributed by atoms with Gasteiger partial charge in [-0.05, 0) is 25.8 Å². The number of hydrogen-bond acceptors (Lipinski definition) is 4. The number of piperidine rings is 1. The van der Waals surface area contributed by atoms with Crippen LogP contribution in [0.2, 0.25) is 0 Å². The summed E-state index contributed by atoms with van der Waals surface area (Å²) in [4.78, 5) is 17.6. The largest absolute Gasteiger partial charge is 0.388 e. The van der Waals surface area contributed by atoms with E-state index < -0.39 is 17.3 Å². The maximum Gasteiger partial charge on any atom is 0.257 e. The fourth-order valence-electron chi connectivity index (χ4n) is 2.35. The van der Waals surface area contributed by atoms with Crippen molar-refractivity contribution in [3.05, 3.63) is 23.6 Å². The second kappa shape index (κ2) is 5.13. The number of aliphatic hydroxyl groups is 1. The van der Waals surface area contributed by atoms with Crippen LogP contribution in [-0.2, 0) is 0 Å². The number of nitrogens with one attached hydrogen (secondary N) is 1. The first kappa shape index (κ1) is 13.7. The first-order valence-electron chi connectivity index (χ1n) is 6.28. The van der Waals surface area contributed by atoms with E-state index in [0.717, 1.165) is 0 Å². The average Bonchev–Trinajstić information content (AvgIpc) is 2.37. The number of carbonyl (C=O) groups excluding carboxylic acids is 1. The molecule has 104 valence electrons. The smallest absolute Gasteiger partial charge is 0.257 e. The molecule has 1 aromatic heterocycles. The molecule has 1 unspecified atom stereocenters. The predicted octanol–water partition coefficient (Wildman–Crippen LogP) is 1.25. The number of hydrogen-bond donors (Lipinski definition) is 2. The van der Waals surface area contributed by atoms with E-state index in [4.69, 9.17) is 0 Å². The van der Waals surface area contributed by atoms with Crippen molar-refractivity contribution in [3.8, 4) is 0 Å². The quantitative estimate of drug-likeness (QED) is 0.846. The van der Waals surface area contributed by atoms with Crippen LogP contribution in [0.5, 0.6) is 0 Å². The van der Waals surface area contributed by atoms with Gasteiger partial charge in [-0.2, -0.15) is 0 Å². The molecular formula is C13H18FN3O2. The van der Waals surface area contributed by atoms with Gasteiger partial charge in [-0.1, -0.05) is 0 Å². The Labute approximate surface area is 111 Å². The summed E-state index contributed by atoms with van der Waals surface area (Å²) in [6.07, 6.45) is 2.76.